The van der Waals surface area contributed by atoms with Crippen molar-refractivity contribution < 1.29 is 14.3 Å². The second-order valence-electron chi connectivity index (χ2n) is 7.81. The quantitative estimate of drug-likeness (QED) is 0.755. The number of amides is 1. The number of ether oxygens (including phenoxy) is 2. The molecule has 2 aliphatic rings. The van der Waals surface area contributed by atoms with E-state index in [1.807, 2.05) is 59.5 Å². The van der Waals surface area contributed by atoms with Gasteiger partial charge in [-0.25, -0.2) is 0 Å². The molecule has 6 heteroatoms. The number of likely N-dealkylation sites (tertiary alicyclic amines) is 1. The molecule has 2 heterocycles. The number of carbonyl (C=O) groups is 1. The van der Waals surface area contributed by atoms with Gasteiger partial charge in [0.1, 0.15) is 11.5 Å². The topological polar surface area (TPSA) is 62.8 Å². The maximum Gasteiger partial charge on any atom is 0.253 e. The first kappa shape index (κ1) is 19.7. The van der Waals surface area contributed by atoms with E-state index in [9.17, 15) is 4.79 Å². The maximum absolute atomic E-state index is 12.7. The molecule has 3 unspecified atom stereocenters. The van der Waals surface area contributed by atoms with Gasteiger partial charge in [0.05, 0.1) is 13.7 Å². The number of hydrogen-bond acceptors (Lipinski definition) is 5. The third-order valence-electron chi connectivity index (χ3n) is 5.91. The van der Waals surface area contributed by atoms with E-state index in [2.05, 4.69) is 10.9 Å². The molecule has 2 aromatic carbocycles. The Kier molecular flexibility index (Phi) is 6.32. The summed E-state index contributed by atoms with van der Waals surface area (Å²) in [5.74, 6) is 2.32. The summed E-state index contributed by atoms with van der Waals surface area (Å²) in [7, 11) is 1.66. The Labute approximate surface area is 172 Å². The molecule has 3 atom stereocenters. The van der Waals surface area contributed by atoms with E-state index >= 15 is 0 Å². The molecule has 2 aliphatic heterocycles. The van der Waals surface area contributed by atoms with Gasteiger partial charge < -0.3 is 14.4 Å². The van der Waals surface area contributed by atoms with E-state index in [0.717, 1.165) is 49.4 Å². The summed E-state index contributed by atoms with van der Waals surface area (Å²) in [6, 6.07) is 18.0. The van der Waals surface area contributed by atoms with Gasteiger partial charge in [0.2, 0.25) is 0 Å². The predicted molar refractivity (Wildman–Crippen MR) is 112 cm³/mol. The number of hydrogen-bond donors (Lipinski definition) is 2. The summed E-state index contributed by atoms with van der Waals surface area (Å²) < 4.78 is 11.0. The minimum atomic E-state index is 0.142. The van der Waals surface area contributed by atoms with E-state index in [-0.39, 0.29) is 5.91 Å². The van der Waals surface area contributed by atoms with Crippen molar-refractivity contribution in [3.8, 4) is 11.5 Å². The van der Waals surface area contributed by atoms with Crippen LogP contribution in [0, 0.1) is 5.92 Å². The molecule has 0 radical (unpaired) electrons. The van der Waals surface area contributed by atoms with Gasteiger partial charge in [-0.2, -0.15) is 0 Å². The van der Waals surface area contributed by atoms with Crippen molar-refractivity contribution in [1.82, 2.24) is 15.8 Å². The summed E-state index contributed by atoms with van der Waals surface area (Å²) in [5.41, 5.74) is 7.64. The van der Waals surface area contributed by atoms with Crippen LogP contribution in [0.5, 0.6) is 11.5 Å². The highest BCUT2D eigenvalue weighted by atomic mass is 16.5. The SMILES string of the molecule is COc1ccc(OCCC2CC(C3CCN(C(=O)c4ccccc4)C3)NN2)cc1. The third kappa shape index (κ3) is 4.89. The second kappa shape index (κ2) is 9.29. The zero-order chi connectivity index (χ0) is 20.1. The predicted octanol–water partition coefficient (Wildman–Crippen LogP) is 2.86. The third-order valence-corrected chi connectivity index (χ3v) is 5.91. The highest BCUT2D eigenvalue weighted by Crippen LogP contribution is 2.26. The minimum Gasteiger partial charge on any atom is -0.497 e. The maximum atomic E-state index is 12.7. The van der Waals surface area contributed by atoms with Gasteiger partial charge in [0.25, 0.3) is 5.91 Å². The Hall–Kier alpha value is -2.57. The number of hydrazine groups is 1. The molecule has 2 N–H and O–H groups in total. The molecule has 1 amide bonds. The fourth-order valence-electron chi connectivity index (χ4n) is 4.20. The van der Waals surface area contributed by atoms with Crippen LogP contribution in [-0.4, -0.2) is 49.7 Å². The van der Waals surface area contributed by atoms with E-state index in [1.54, 1.807) is 7.11 Å². The molecule has 2 fully saturated rings. The Morgan fingerprint density at radius 2 is 1.83 bits per heavy atom. The lowest BCUT2D eigenvalue weighted by atomic mass is 9.94. The van der Waals surface area contributed by atoms with E-state index < -0.39 is 0 Å². The fourth-order valence-corrected chi connectivity index (χ4v) is 4.20. The summed E-state index contributed by atoms with van der Waals surface area (Å²) in [4.78, 5) is 14.6. The number of nitrogens with zero attached hydrogens (tertiary/aromatic N) is 1. The smallest absolute Gasteiger partial charge is 0.253 e. The lowest BCUT2D eigenvalue weighted by Crippen LogP contribution is -2.39. The lowest BCUT2D eigenvalue weighted by Gasteiger charge is -2.20. The molecule has 6 nitrogen and oxygen atoms in total. The number of benzene rings is 2. The highest BCUT2D eigenvalue weighted by Gasteiger charge is 2.36. The summed E-state index contributed by atoms with van der Waals surface area (Å²) in [5, 5.41) is 0. The molecule has 154 valence electrons. The van der Waals surface area contributed by atoms with Gasteiger partial charge >= 0.3 is 0 Å². The average Bonchev–Trinajstić information content (AvgIpc) is 3.44. The summed E-state index contributed by atoms with van der Waals surface area (Å²) in [6.45, 7) is 2.33. The van der Waals surface area contributed by atoms with E-state index in [1.165, 1.54) is 0 Å². The standard InChI is InChI=1S/C23H29N3O3/c1-28-20-7-9-21(10-8-20)29-14-12-19-15-22(25-24-19)18-11-13-26(16-18)23(27)17-5-3-2-4-6-17/h2-10,18-19,22,24-25H,11-16H2,1H3. The van der Waals surface area contributed by atoms with Crippen LogP contribution < -0.4 is 20.3 Å². The number of nitrogens with one attached hydrogen (secondary N) is 2. The number of methoxy groups -OCH3 is 1. The van der Waals surface area contributed by atoms with Crippen molar-refractivity contribution in [2.24, 2.45) is 5.92 Å². The van der Waals surface area contributed by atoms with Crippen LogP contribution >= 0.6 is 0 Å². The number of carbonyl (C=O) groups excluding carboxylic acids is 1. The van der Waals surface area contributed by atoms with Gasteiger partial charge in [-0.05, 0) is 61.6 Å². The van der Waals surface area contributed by atoms with Crippen LogP contribution in [0.15, 0.2) is 54.6 Å². The monoisotopic (exact) mass is 395 g/mol. The van der Waals surface area contributed by atoms with Gasteiger partial charge in [-0.3, -0.25) is 15.6 Å². The minimum absolute atomic E-state index is 0.142. The fraction of sp³-hybridized carbons (Fsp3) is 0.435. The van der Waals surface area contributed by atoms with Gasteiger partial charge in [0, 0.05) is 30.7 Å². The molecular formula is C23H29N3O3. The van der Waals surface area contributed by atoms with Crippen LogP contribution in [0.4, 0.5) is 0 Å². The first-order chi connectivity index (χ1) is 14.2. The zero-order valence-electron chi connectivity index (χ0n) is 16.8. The normalized spacial score (nSPS) is 23.9. The van der Waals surface area contributed by atoms with Gasteiger partial charge in [-0.1, -0.05) is 18.2 Å². The van der Waals surface area contributed by atoms with Crippen molar-refractivity contribution in [1.29, 1.82) is 0 Å². The molecule has 29 heavy (non-hydrogen) atoms. The van der Waals surface area contributed by atoms with Gasteiger partial charge in [0.15, 0.2) is 0 Å². The van der Waals surface area contributed by atoms with Crippen LogP contribution in [0.1, 0.15) is 29.6 Å². The Morgan fingerprint density at radius 3 is 2.59 bits per heavy atom. The average molecular weight is 396 g/mol. The molecule has 0 aromatic heterocycles. The zero-order valence-corrected chi connectivity index (χ0v) is 16.8. The van der Waals surface area contributed by atoms with Crippen molar-refractivity contribution in [2.75, 3.05) is 26.8 Å². The van der Waals surface area contributed by atoms with Crippen LogP contribution in [0.2, 0.25) is 0 Å². The lowest BCUT2D eigenvalue weighted by molar-refractivity contribution is 0.0784. The van der Waals surface area contributed by atoms with Crippen molar-refractivity contribution in [3.05, 3.63) is 60.2 Å². The van der Waals surface area contributed by atoms with Crippen molar-refractivity contribution in [2.45, 2.75) is 31.3 Å². The molecule has 0 aliphatic carbocycles. The van der Waals surface area contributed by atoms with Crippen LogP contribution in [-0.2, 0) is 0 Å². The molecule has 0 spiro atoms. The van der Waals surface area contributed by atoms with E-state index in [4.69, 9.17) is 9.47 Å². The molecule has 2 saturated heterocycles. The Morgan fingerprint density at radius 1 is 1.07 bits per heavy atom. The molecule has 4 rings (SSSR count). The number of rotatable bonds is 7. The first-order valence-corrected chi connectivity index (χ1v) is 10.3. The first-order valence-electron chi connectivity index (χ1n) is 10.3. The Bertz CT molecular complexity index is 797. The van der Waals surface area contributed by atoms with Gasteiger partial charge in [-0.15, -0.1) is 0 Å². The molecule has 2 aromatic rings. The summed E-state index contributed by atoms with van der Waals surface area (Å²) in [6.07, 6.45) is 3.05. The highest BCUT2D eigenvalue weighted by molar-refractivity contribution is 5.94. The second-order valence-corrected chi connectivity index (χ2v) is 7.81. The largest absolute Gasteiger partial charge is 0.497 e. The molecular weight excluding hydrogens is 366 g/mol. The van der Waals surface area contributed by atoms with Crippen LogP contribution in [0.3, 0.4) is 0 Å². The molecule has 0 bridgehead atoms. The van der Waals surface area contributed by atoms with Crippen molar-refractivity contribution in [3.63, 3.8) is 0 Å². The molecule has 0 saturated carbocycles. The Balaban J connectivity index is 1.20. The van der Waals surface area contributed by atoms with E-state index in [0.29, 0.717) is 24.6 Å². The van der Waals surface area contributed by atoms with Crippen molar-refractivity contribution >= 4 is 5.91 Å². The summed E-state index contributed by atoms with van der Waals surface area (Å²) >= 11 is 0. The van der Waals surface area contributed by atoms with Crippen LogP contribution in [0.25, 0.3) is 0 Å².